The van der Waals surface area contributed by atoms with Gasteiger partial charge < -0.3 is 0 Å². The molecule has 0 N–H and O–H groups in total. The standard InChI is InChI=1S/C10H21F/c1-4-6-7-9(3)8-10(11)5-2/h9-10H,4-8H2,1-3H3/t9?,10-/m1/s1. The van der Waals surface area contributed by atoms with E-state index in [4.69, 9.17) is 0 Å². The normalized spacial score (nSPS) is 16.4. The van der Waals surface area contributed by atoms with Gasteiger partial charge in [-0.25, -0.2) is 4.39 Å². The number of rotatable bonds is 6. The lowest BCUT2D eigenvalue weighted by Gasteiger charge is -2.12. The summed E-state index contributed by atoms with van der Waals surface area (Å²) in [5.74, 6) is 0.574. The molecule has 2 atom stereocenters. The summed E-state index contributed by atoms with van der Waals surface area (Å²) in [6.07, 6.45) is 4.54. The first-order valence-electron chi connectivity index (χ1n) is 4.84. The van der Waals surface area contributed by atoms with Gasteiger partial charge >= 0.3 is 0 Å². The Labute approximate surface area is 70.2 Å². The molecule has 1 heteroatoms. The van der Waals surface area contributed by atoms with Crippen molar-refractivity contribution >= 4 is 0 Å². The van der Waals surface area contributed by atoms with Gasteiger partial charge in [0.1, 0.15) is 6.17 Å². The average Bonchev–Trinajstić information content (AvgIpc) is 2.00. The van der Waals surface area contributed by atoms with Crippen LogP contribution in [0.1, 0.15) is 52.9 Å². The molecule has 0 bridgehead atoms. The van der Waals surface area contributed by atoms with Crippen LogP contribution in [0.4, 0.5) is 4.39 Å². The number of hydrogen-bond acceptors (Lipinski definition) is 0. The van der Waals surface area contributed by atoms with Crippen LogP contribution in [0.15, 0.2) is 0 Å². The second-order valence-corrected chi connectivity index (χ2v) is 3.49. The Morgan fingerprint density at radius 2 is 1.91 bits per heavy atom. The second kappa shape index (κ2) is 6.63. The largest absolute Gasteiger partial charge is 0.247 e. The summed E-state index contributed by atoms with van der Waals surface area (Å²) in [6, 6.07) is 0. The van der Waals surface area contributed by atoms with Crippen molar-refractivity contribution in [2.24, 2.45) is 5.92 Å². The number of alkyl halides is 1. The summed E-state index contributed by atoms with van der Waals surface area (Å²) in [5, 5.41) is 0. The minimum Gasteiger partial charge on any atom is -0.247 e. The highest BCUT2D eigenvalue weighted by atomic mass is 19.1. The van der Waals surface area contributed by atoms with Gasteiger partial charge in [0.15, 0.2) is 0 Å². The minimum absolute atomic E-state index is 0.568. The predicted molar refractivity (Wildman–Crippen MR) is 48.5 cm³/mol. The van der Waals surface area contributed by atoms with Crippen LogP contribution in [0.2, 0.25) is 0 Å². The molecule has 0 aliphatic carbocycles. The van der Waals surface area contributed by atoms with Gasteiger partial charge in [0, 0.05) is 0 Å². The van der Waals surface area contributed by atoms with Crippen molar-refractivity contribution in [3.63, 3.8) is 0 Å². The van der Waals surface area contributed by atoms with Crippen LogP contribution in [-0.4, -0.2) is 6.17 Å². The Morgan fingerprint density at radius 3 is 2.36 bits per heavy atom. The quantitative estimate of drug-likeness (QED) is 0.552. The predicted octanol–water partition coefficient (Wildman–Crippen LogP) is 3.95. The molecular formula is C10H21F. The van der Waals surface area contributed by atoms with E-state index < -0.39 is 6.17 Å². The molecule has 0 nitrogen and oxygen atoms in total. The summed E-state index contributed by atoms with van der Waals surface area (Å²) >= 11 is 0. The highest BCUT2D eigenvalue weighted by Crippen LogP contribution is 2.17. The van der Waals surface area contributed by atoms with Crippen molar-refractivity contribution in [3.05, 3.63) is 0 Å². The van der Waals surface area contributed by atoms with Crippen molar-refractivity contribution in [1.29, 1.82) is 0 Å². The molecular weight excluding hydrogens is 139 g/mol. The third kappa shape index (κ3) is 6.33. The number of halogens is 1. The molecule has 0 radical (unpaired) electrons. The maximum atomic E-state index is 12.8. The van der Waals surface area contributed by atoms with E-state index in [9.17, 15) is 4.39 Å². The van der Waals surface area contributed by atoms with Gasteiger partial charge in [-0.2, -0.15) is 0 Å². The lowest BCUT2D eigenvalue weighted by molar-refractivity contribution is 0.260. The van der Waals surface area contributed by atoms with Gasteiger partial charge in [0.05, 0.1) is 0 Å². The first-order valence-corrected chi connectivity index (χ1v) is 4.84. The van der Waals surface area contributed by atoms with E-state index in [1.807, 2.05) is 6.92 Å². The van der Waals surface area contributed by atoms with Crippen molar-refractivity contribution in [2.75, 3.05) is 0 Å². The lowest BCUT2D eigenvalue weighted by atomic mass is 9.97. The third-order valence-electron chi connectivity index (χ3n) is 2.15. The second-order valence-electron chi connectivity index (χ2n) is 3.49. The summed E-state index contributed by atoms with van der Waals surface area (Å²) in [7, 11) is 0. The van der Waals surface area contributed by atoms with Crippen LogP contribution in [0.25, 0.3) is 0 Å². The smallest absolute Gasteiger partial charge is 0.100 e. The van der Waals surface area contributed by atoms with Gasteiger partial charge in [-0.1, -0.05) is 40.0 Å². The van der Waals surface area contributed by atoms with Crippen LogP contribution in [0, 0.1) is 5.92 Å². The van der Waals surface area contributed by atoms with E-state index in [1.165, 1.54) is 19.3 Å². The van der Waals surface area contributed by atoms with Crippen molar-refractivity contribution in [1.82, 2.24) is 0 Å². The van der Waals surface area contributed by atoms with Gasteiger partial charge in [-0.05, 0) is 18.8 Å². The van der Waals surface area contributed by atoms with Gasteiger partial charge in [-0.15, -0.1) is 0 Å². The molecule has 11 heavy (non-hydrogen) atoms. The molecule has 68 valence electrons. The minimum atomic E-state index is -0.568. The van der Waals surface area contributed by atoms with Crippen LogP contribution < -0.4 is 0 Å². The molecule has 1 unspecified atom stereocenters. The molecule has 0 aromatic carbocycles. The molecule has 0 spiro atoms. The fraction of sp³-hybridized carbons (Fsp3) is 1.00. The third-order valence-corrected chi connectivity index (χ3v) is 2.15. The fourth-order valence-corrected chi connectivity index (χ4v) is 1.27. The first kappa shape index (κ1) is 10.9. The van der Waals surface area contributed by atoms with Crippen molar-refractivity contribution in [3.8, 4) is 0 Å². The topological polar surface area (TPSA) is 0 Å². The zero-order valence-electron chi connectivity index (χ0n) is 8.07. The Bertz CT molecular complexity index is 80.9. The molecule has 0 aliphatic heterocycles. The Morgan fingerprint density at radius 1 is 1.27 bits per heavy atom. The van der Waals surface area contributed by atoms with E-state index in [1.54, 1.807) is 0 Å². The van der Waals surface area contributed by atoms with E-state index in [2.05, 4.69) is 13.8 Å². The summed E-state index contributed by atoms with van der Waals surface area (Å²) in [5.41, 5.74) is 0. The molecule has 0 aromatic rings. The molecule has 0 aliphatic rings. The molecule has 0 rings (SSSR count). The molecule has 0 amide bonds. The maximum absolute atomic E-state index is 12.8. The monoisotopic (exact) mass is 160 g/mol. The van der Waals surface area contributed by atoms with E-state index in [-0.39, 0.29) is 0 Å². The lowest BCUT2D eigenvalue weighted by Crippen LogP contribution is -2.05. The van der Waals surface area contributed by atoms with Crippen LogP contribution >= 0.6 is 0 Å². The first-order chi connectivity index (χ1) is 5.20. The molecule has 0 aromatic heterocycles. The maximum Gasteiger partial charge on any atom is 0.100 e. The molecule has 0 saturated carbocycles. The average molecular weight is 160 g/mol. The van der Waals surface area contributed by atoms with Gasteiger partial charge in [0.25, 0.3) is 0 Å². The van der Waals surface area contributed by atoms with Gasteiger partial charge in [-0.3, -0.25) is 0 Å². The Balaban J connectivity index is 3.27. The van der Waals surface area contributed by atoms with Crippen LogP contribution in [-0.2, 0) is 0 Å². The van der Waals surface area contributed by atoms with Gasteiger partial charge in [0.2, 0.25) is 0 Å². The highest BCUT2D eigenvalue weighted by Gasteiger charge is 2.08. The number of hydrogen-bond donors (Lipinski definition) is 0. The van der Waals surface area contributed by atoms with E-state index >= 15 is 0 Å². The van der Waals surface area contributed by atoms with E-state index in [0.717, 1.165) is 6.42 Å². The van der Waals surface area contributed by atoms with Crippen molar-refractivity contribution in [2.45, 2.75) is 59.0 Å². The van der Waals surface area contributed by atoms with Crippen molar-refractivity contribution < 1.29 is 4.39 Å². The zero-order chi connectivity index (χ0) is 8.69. The SMILES string of the molecule is CCCCC(C)C[C@H](F)CC. The number of unbranched alkanes of at least 4 members (excludes halogenated alkanes) is 1. The summed E-state index contributed by atoms with van der Waals surface area (Å²) in [6.45, 7) is 6.24. The van der Waals surface area contributed by atoms with E-state index in [0.29, 0.717) is 12.3 Å². The Hall–Kier alpha value is -0.0700. The fourth-order valence-electron chi connectivity index (χ4n) is 1.27. The molecule has 0 saturated heterocycles. The summed E-state index contributed by atoms with van der Waals surface area (Å²) in [4.78, 5) is 0. The summed E-state index contributed by atoms with van der Waals surface area (Å²) < 4.78 is 12.8. The molecule has 0 heterocycles. The van der Waals surface area contributed by atoms with Crippen LogP contribution in [0.3, 0.4) is 0 Å². The highest BCUT2D eigenvalue weighted by molar-refractivity contribution is 4.60. The Kier molecular flexibility index (Phi) is 6.59. The molecule has 0 fully saturated rings. The zero-order valence-corrected chi connectivity index (χ0v) is 8.07. The van der Waals surface area contributed by atoms with Crippen LogP contribution in [0.5, 0.6) is 0 Å².